The zero-order valence-corrected chi connectivity index (χ0v) is 15.7. The molecule has 26 heavy (non-hydrogen) atoms. The van der Waals surface area contributed by atoms with Gasteiger partial charge in [-0.2, -0.15) is 0 Å². The maximum atomic E-state index is 12.3. The zero-order chi connectivity index (χ0) is 18.7. The van der Waals surface area contributed by atoms with Crippen LogP contribution in [0, 0.1) is 20.8 Å². The van der Waals surface area contributed by atoms with Gasteiger partial charge in [0, 0.05) is 21.2 Å². The van der Waals surface area contributed by atoms with Crippen LogP contribution in [-0.2, 0) is 0 Å². The van der Waals surface area contributed by atoms with Crippen LogP contribution >= 0.6 is 11.8 Å². The van der Waals surface area contributed by atoms with E-state index in [1.807, 2.05) is 24.3 Å². The summed E-state index contributed by atoms with van der Waals surface area (Å²) in [5.74, 6) is -0.416. The molecule has 5 heteroatoms. The first kappa shape index (κ1) is 18.0. The lowest BCUT2D eigenvalue weighted by atomic mass is 10.2. The zero-order valence-electron chi connectivity index (χ0n) is 14.9. The molecule has 0 radical (unpaired) electrons. The lowest BCUT2D eigenvalue weighted by Gasteiger charge is -2.09. The van der Waals surface area contributed by atoms with Gasteiger partial charge in [0.15, 0.2) is 0 Å². The lowest BCUT2D eigenvalue weighted by molar-refractivity contribution is 0.102. The second-order valence-corrected chi connectivity index (χ2v) is 7.35. The fraction of sp³-hybridized carbons (Fsp3) is 0.143. The number of pyridine rings is 1. The molecule has 0 spiro atoms. The fourth-order valence-corrected chi connectivity index (χ4v) is 3.50. The molecule has 0 aliphatic heterocycles. The highest BCUT2D eigenvalue weighted by atomic mass is 32.2. The molecular weight excluding hydrogens is 344 g/mol. The van der Waals surface area contributed by atoms with Crippen molar-refractivity contribution < 1.29 is 4.79 Å². The first-order valence-electron chi connectivity index (χ1n) is 8.29. The highest BCUT2D eigenvalue weighted by Crippen LogP contribution is 2.31. The van der Waals surface area contributed by atoms with Crippen LogP contribution in [0.2, 0.25) is 0 Å². The van der Waals surface area contributed by atoms with Gasteiger partial charge in [-0.25, -0.2) is 0 Å². The molecule has 0 aliphatic rings. The van der Waals surface area contributed by atoms with Crippen molar-refractivity contribution in [1.82, 2.24) is 4.98 Å². The number of aryl methyl sites for hydroxylation is 3. The van der Waals surface area contributed by atoms with Crippen LogP contribution in [0.5, 0.6) is 0 Å². The minimum absolute atomic E-state index is 0.101. The molecule has 1 heterocycles. The van der Waals surface area contributed by atoms with Crippen molar-refractivity contribution in [3.05, 3.63) is 87.3 Å². The number of carbonyl (C=O) groups is 1. The summed E-state index contributed by atoms with van der Waals surface area (Å²) in [5, 5.41) is 2.76. The standard InChI is InChI=1S/C21H20N2O2S/c1-13-4-5-14(2)19(12-13)26-17-9-7-16(8-10-17)23-21(25)18-11-6-15(3)22-20(18)24/h4-12H,1-3H3,(H,22,24)(H,23,25). The molecular formula is C21H20N2O2S. The van der Waals surface area contributed by atoms with E-state index in [4.69, 9.17) is 0 Å². The van der Waals surface area contributed by atoms with E-state index in [0.29, 0.717) is 5.69 Å². The normalized spacial score (nSPS) is 10.6. The largest absolute Gasteiger partial charge is 0.326 e. The summed E-state index contributed by atoms with van der Waals surface area (Å²) in [4.78, 5) is 29.1. The number of amides is 1. The van der Waals surface area contributed by atoms with Crippen LogP contribution in [-0.4, -0.2) is 10.9 Å². The summed E-state index contributed by atoms with van der Waals surface area (Å²) >= 11 is 1.69. The van der Waals surface area contributed by atoms with Crippen molar-refractivity contribution in [2.75, 3.05) is 5.32 Å². The van der Waals surface area contributed by atoms with E-state index in [9.17, 15) is 9.59 Å². The first-order chi connectivity index (χ1) is 12.4. The van der Waals surface area contributed by atoms with Gasteiger partial charge in [-0.1, -0.05) is 23.9 Å². The van der Waals surface area contributed by atoms with Crippen LogP contribution < -0.4 is 10.9 Å². The van der Waals surface area contributed by atoms with Gasteiger partial charge in [0.25, 0.3) is 11.5 Å². The van der Waals surface area contributed by atoms with Crippen LogP contribution in [0.25, 0.3) is 0 Å². The van der Waals surface area contributed by atoms with Gasteiger partial charge in [0.2, 0.25) is 0 Å². The summed E-state index contributed by atoms with van der Waals surface area (Å²) in [6.07, 6.45) is 0. The lowest BCUT2D eigenvalue weighted by Crippen LogP contribution is -2.23. The molecule has 1 amide bonds. The number of rotatable bonds is 4. The molecule has 3 rings (SSSR count). The number of hydrogen-bond acceptors (Lipinski definition) is 3. The molecule has 2 N–H and O–H groups in total. The topological polar surface area (TPSA) is 62.0 Å². The Balaban J connectivity index is 1.72. The number of H-pyrrole nitrogens is 1. The Morgan fingerprint density at radius 1 is 0.962 bits per heavy atom. The van der Waals surface area contributed by atoms with Crippen molar-refractivity contribution in [3.63, 3.8) is 0 Å². The molecule has 0 saturated carbocycles. The monoisotopic (exact) mass is 364 g/mol. The number of anilines is 1. The third-order valence-electron chi connectivity index (χ3n) is 3.98. The molecule has 3 aromatic rings. The minimum Gasteiger partial charge on any atom is -0.326 e. The van der Waals surface area contributed by atoms with Gasteiger partial charge in [0.05, 0.1) is 0 Å². The SMILES string of the molecule is Cc1ccc(C)c(Sc2ccc(NC(=O)c3ccc(C)[nH]c3=O)cc2)c1. The Morgan fingerprint density at radius 3 is 2.38 bits per heavy atom. The van der Waals surface area contributed by atoms with E-state index in [-0.39, 0.29) is 11.1 Å². The average molecular weight is 364 g/mol. The second kappa shape index (κ2) is 7.62. The highest BCUT2D eigenvalue weighted by molar-refractivity contribution is 7.99. The Labute approximate surface area is 156 Å². The van der Waals surface area contributed by atoms with Crippen LogP contribution in [0.3, 0.4) is 0 Å². The second-order valence-electron chi connectivity index (χ2n) is 6.23. The van der Waals surface area contributed by atoms with E-state index < -0.39 is 5.91 Å². The van der Waals surface area contributed by atoms with E-state index in [1.165, 1.54) is 22.1 Å². The number of aromatic nitrogens is 1. The molecule has 0 fully saturated rings. The van der Waals surface area contributed by atoms with Crippen LogP contribution in [0.4, 0.5) is 5.69 Å². The van der Waals surface area contributed by atoms with Crippen molar-refractivity contribution in [2.24, 2.45) is 0 Å². The van der Waals surface area contributed by atoms with Crippen molar-refractivity contribution in [1.29, 1.82) is 0 Å². The predicted molar refractivity (Wildman–Crippen MR) is 106 cm³/mol. The number of aromatic amines is 1. The van der Waals surface area contributed by atoms with E-state index in [1.54, 1.807) is 24.8 Å². The highest BCUT2D eigenvalue weighted by Gasteiger charge is 2.11. The number of hydrogen-bond donors (Lipinski definition) is 2. The van der Waals surface area contributed by atoms with Gasteiger partial charge in [-0.15, -0.1) is 0 Å². The number of carbonyl (C=O) groups excluding carboxylic acids is 1. The van der Waals surface area contributed by atoms with Gasteiger partial charge in [0.1, 0.15) is 5.56 Å². The average Bonchev–Trinajstić information content (AvgIpc) is 2.59. The molecule has 4 nitrogen and oxygen atoms in total. The Bertz CT molecular complexity index is 1010. The van der Waals surface area contributed by atoms with Gasteiger partial charge in [-0.05, 0) is 74.4 Å². The van der Waals surface area contributed by atoms with Crippen molar-refractivity contribution in [3.8, 4) is 0 Å². The first-order valence-corrected chi connectivity index (χ1v) is 9.10. The van der Waals surface area contributed by atoms with Gasteiger partial charge in [-0.3, -0.25) is 9.59 Å². The molecule has 0 atom stereocenters. The molecule has 0 saturated heterocycles. The van der Waals surface area contributed by atoms with Crippen molar-refractivity contribution in [2.45, 2.75) is 30.6 Å². The maximum absolute atomic E-state index is 12.3. The smallest absolute Gasteiger partial charge is 0.261 e. The Kier molecular flexibility index (Phi) is 5.28. The van der Waals surface area contributed by atoms with Gasteiger partial charge >= 0.3 is 0 Å². The Morgan fingerprint density at radius 2 is 1.69 bits per heavy atom. The van der Waals surface area contributed by atoms with Gasteiger partial charge < -0.3 is 10.3 Å². The molecule has 0 bridgehead atoms. The van der Waals surface area contributed by atoms with E-state index in [0.717, 1.165) is 10.6 Å². The van der Waals surface area contributed by atoms with Crippen molar-refractivity contribution >= 4 is 23.4 Å². The third kappa shape index (κ3) is 4.24. The molecule has 1 aromatic heterocycles. The Hall–Kier alpha value is -2.79. The van der Waals surface area contributed by atoms with E-state index in [2.05, 4.69) is 42.3 Å². The summed E-state index contributed by atoms with van der Waals surface area (Å²) in [6.45, 7) is 5.94. The molecule has 0 aliphatic carbocycles. The number of nitrogens with one attached hydrogen (secondary N) is 2. The summed E-state index contributed by atoms with van der Waals surface area (Å²) in [5.41, 5.74) is 3.55. The number of benzene rings is 2. The summed E-state index contributed by atoms with van der Waals surface area (Å²) in [7, 11) is 0. The third-order valence-corrected chi connectivity index (χ3v) is 5.15. The summed E-state index contributed by atoms with van der Waals surface area (Å²) < 4.78 is 0. The maximum Gasteiger partial charge on any atom is 0.261 e. The molecule has 2 aromatic carbocycles. The quantitative estimate of drug-likeness (QED) is 0.705. The predicted octanol–water partition coefficient (Wildman–Crippen LogP) is 4.70. The molecule has 0 unspecified atom stereocenters. The fourth-order valence-electron chi connectivity index (χ4n) is 2.50. The molecule has 132 valence electrons. The minimum atomic E-state index is -0.416. The van der Waals surface area contributed by atoms with Crippen LogP contribution in [0.1, 0.15) is 27.2 Å². The van der Waals surface area contributed by atoms with E-state index >= 15 is 0 Å². The van der Waals surface area contributed by atoms with Crippen LogP contribution in [0.15, 0.2) is 69.2 Å². The summed E-state index contributed by atoms with van der Waals surface area (Å²) in [6, 6.07) is 17.2.